The summed E-state index contributed by atoms with van der Waals surface area (Å²) in [5, 5.41) is 8.99. The van der Waals surface area contributed by atoms with Gasteiger partial charge in [-0.2, -0.15) is 0 Å². The predicted octanol–water partition coefficient (Wildman–Crippen LogP) is 2.57. The van der Waals surface area contributed by atoms with Crippen molar-refractivity contribution in [3.8, 4) is 11.5 Å². The van der Waals surface area contributed by atoms with E-state index in [1.807, 2.05) is 0 Å². The van der Waals surface area contributed by atoms with Crippen LogP contribution in [0.5, 0.6) is 11.5 Å². The highest BCUT2D eigenvalue weighted by molar-refractivity contribution is 5.92. The van der Waals surface area contributed by atoms with Crippen LogP contribution < -0.4 is 9.47 Å². The summed E-state index contributed by atoms with van der Waals surface area (Å²) < 4.78 is 24.7. The Morgan fingerprint density at radius 3 is 2.65 bits per heavy atom. The van der Waals surface area contributed by atoms with Crippen LogP contribution in [0.2, 0.25) is 0 Å². The number of ether oxygens (including phenoxy) is 2. The number of carboxylic acids is 1. The molecule has 90 valence electrons. The SMILES string of the molecule is O=C(O)c1c(F)ccc2c1OC1(CCCC1)O2. The molecule has 0 amide bonds. The number of benzene rings is 1. The van der Waals surface area contributed by atoms with Crippen LogP contribution in [0.4, 0.5) is 4.39 Å². The maximum atomic E-state index is 13.5. The van der Waals surface area contributed by atoms with Crippen molar-refractivity contribution in [3.05, 3.63) is 23.5 Å². The molecule has 1 aromatic rings. The molecule has 1 saturated carbocycles. The van der Waals surface area contributed by atoms with Crippen LogP contribution in [-0.4, -0.2) is 16.9 Å². The molecule has 0 aromatic heterocycles. The summed E-state index contributed by atoms with van der Waals surface area (Å²) in [4.78, 5) is 11.0. The Labute approximate surface area is 97.0 Å². The lowest BCUT2D eigenvalue weighted by Crippen LogP contribution is -2.34. The Morgan fingerprint density at radius 2 is 2.00 bits per heavy atom. The number of carbonyl (C=O) groups is 1. The average Bonchev–Trinajstić information content (AvgIpc) is 2.85. The second-order valence-electron chi connectivity index (χ2n) is 4.38. The molecule has 0 saturated heterocycles. The third-order valence-corrected chi connectivity index (χ3v) is 3.23. The van der Waals surface area contributed by atoms with Crippen molar-refractivity contribution in [3.63, 3.8) is 0 Å². The van der Waals surface area contributed by atoms with Gasteiger partial charge < -0.3 is 14.6 Å². The minimum atomic E-state index is -1.34. The van der Waals surface area contributed by atoms with Gasteiger partial charge in [0.2, 0.25) is 0 Å². The van der Waals surface area contributed by atoms with E-state index in [2.05, 4.69) is 0 Å². The van der Waals surface area contributed by atoms with E-state index in [1.165, 1.54) is 6.07 Å². The van der Waals surface area contributed by atoms with Crippen molar-refractivity contribution in [2.24, 2.45) is 0 Å². The summed E-state index contributed by atoms with van der Waals surface area (Å²) in [6.45, 7) is 0. The summed E-state index contributed by atoms with van der Waals surface area (Å²) in [6.07, 6.45) is 3.36. The molecule has 5 heteroatoms. The third kappa shape index (κ3) is 1.45. The normalized spacial score (nSPS) is 19.8. The van der Waals surface area contributed by atoms with Gasteiger partial charge in [-0.05, 0) is 25.0 Å². The van der Waals surface area contributed by atoms with E-state index in [-0.39, 0.29) is 5.75 Å². The van der Waals surface area contributed by atoms with E-state index in [0.717, 1.165) is 18.9 Å². The number of rotatable bonds is 1. The fraction of sp³-hybridized carbons (Fsp3) is 0.417. The first-order valence-electron chi connectivity index (χ1n) is 5.55. The van der Waals surface area contributed by atoms with E-state index in [0.29, 0.717) is 18.6 Å². The highest BCUT2D eigenvalue weighted by Crippen LogP contribution is 2.48. The van der Waals surface area contributed by atoms with Crippen molar-refractivity contribution in [1.29, 1.82) is 0 Å². The maximum Gasteiger partial charge on any atom is 0.342 e. The summed E-state index contributed by atoms with van der Waals surface area (Å²) in [5.74, 6) is -2.54. The van der Waals surface area contributed by atoms with Gasteiger partial charge in [-0.3, -0.25) is 0 Å². The van der Waals surface area contributed by atoms with Crippen molar-refractivity contribution in [1.82, 2.24) is 0 Å². The van der Waals surface area contributed by atoms with Crippen LogP contribution in [0, 0.1) is 5.82 Å². The smallest absolute Gasteiger partial charge is 0.342 e. The average molecular weight is 238 g/mol. The zero-order valence-corrected chi connectivity index (χ0v) is 9.03. The van der Waals surface area contributed by atoms with Gasteiger partial charge in [0.15, 0.2) is 11.5 Å². The first-order valence-corrected chi connectivity index (χ1v) is 5.55. The fourth-order valence-electron chi connectivity index (χ4n) is 2.45. The van der Waals surface area contributed by atoms with Gasteiger partial charge in [-0.15, -0.1) is 0 Å². The van der Waals surface area contributed by atoms with Crippen molar-refractivity contribution < 1.29 is 23.8 Å². The van der Waals surface area contributed by atoms with Crippen LogP contribution in [0.15, 0.2) is 12.1 Å². The van der Waals surface area contributed by atoms with Crippen LogP contribution in [0.3, 0.4) is 0 Å². The summed E-state index contributed by atoms with van der Waals surface area (Å²) >= 11 is 0. The van der Waals surface area contributed by atoms with E-state index in [1.54, 1.807) is 0 Å². The number of carboxylic acid groups (broad SMARTS) is 1. The largest absolute Gasteiger partial charge is 0.477 e. The number of halogens is 1. The summed E-state index contributed by atoms with van der Waals surface area (Å²) in [6, 6.07) is 2.52. The predicted molar refractivity (Wildman–Crippen MR) is 55.8 cm³/mol. The van der Waals surface area contributed by atoms with Crippen molar-refractivity contribution in [2.75, 3.05) is 0 Å². The molecule has 1 spiro atoms. The highest BCUT2D eigenvalue weighted by atomic mass is 19.1. The molecule has 0 bridgehead atoms. The van der Waals surface area contributed by atoms with Crippen LogP contribution in [0.1, 0.15) is 36.0 Å². The zero-order chi connectivity index (χ0) is 12.0. The first kappa shape index (κ1) is 10.4. The minimum Gasteiger partial charge on any atom is -0.477 e. The van der Waals surface area contributed by atoms with Gasteiger partial charge in [0.05, 0.1) is 0 Å². The molecule has 4 nitrogen and oxygen atoms in total. The molecule has 1 heterocycles. The molecule has 0 radical (unpaired) electrons. The van der Waals surface area contributed by atoms with Crippen LogP contribution in [0.25, 0.3) is 0 Å². The quantitative estimate of drug-likeness (QED) is 0.816. The molecule has 0 atom stereocenters. The van der Waals surface area contributed by atoms with Gasteiger partial charge in [0, 0.05) is 12.8 Å². The second-order valence-corrected chi connectivity index (χ2v) is 4.38. The van der Waals surface area contributed by atoms with E-state index in [4.69, 9.17) is 14.6 Å². The molecular formula is C12H11FO4. The van der Waals surface area contributed by atoms with Gasteiger partial charge in [-0.1, -0.05) is 0 Å². The van der Waals surface area contributed by atoms with Gasteiger partial charge in [0.25, 0.3) is 5.79 Å². The molecule has 2 aliphatic rings. The molecule has 1 N–H and O–H groups in total. The highest BCUT2D eigenvalue weighted by Gasteiger charge is 2.46. The first-order chi connectivity index (χ1) is 8.11. The van der Waals surface area contributed by atoms with E-state index in [9.17, 15) is 9.18 Å². The molecule has 1 aromatic carbocycles. The zero-order valence-electron chi connectivity index (χ0n) is 9.03. The number of hydrogen-bond donors (Lipinski definition) is 1. The lowest BCUT2D eigenvalue weighted by atomic mass is 10.2. The van der Waals surface area contributed by atoms with E-state index < -0.39 is 23.1 Å². The lowest BCUT2D eigenvalue weighted by Gasteiger charge is -2.21. The number of fused-ring (bicyclic) bond motifs is 1. The molecule has 17 heavy (non-hydrogen) atoms. The Bertz CT molecular complexity index is 492. The Morgan fingerprint density at radius 1 is 1.29 bits per heavy atom. The Hall–Kier alpha value is -1.78. The topological polar surface area (TPSA) is 55.8 Å². The molecule has 0 unspecified atom stereocenters. The molecule has 1 aliphatic carbocycles. The van der Waals surface area contributed by atoms with E-state index >= 15 is 0 Å². The lowest BCUT2D eigenvalue weighted by molar-refractivity contribution is -0.0719. The maximum absolute atomic E-state index is 13.5. The van der Waals surface area contributed by atoms with Crippen LogP contribution >= 0.6 is 0 Å². The van der Waals surface area contributed by atoms with Crippen LogP contribution in [-0.2, 0) is 0 Å². The summed E-state index contributed by atoms with van der Waals surface area (Å²) in [7, 11) is 0. The fourth-order valence-corrected chi connectivity index (χ4v) is 2.45. The number of hydrogen-bond acceptors (Lipinski definition) is 3. The third-order valence-electron chi connectivity index (χ3n) is 3.23. The van der Waals surface area contributed by atoms with Gasteiger partial charge >= 0.3 is 5.97 Å². The summed E-state index contributed by atoms with van der Waals surface area (Å²) in [5.41, 5.74) is -0.439. The molecule has 3 rings (SSSR count). The second kappa shape index (κ2) is 3.35. The Kier molecular flexibility index (Phi) is 2.05. The van der Waals surface area contributed by atoms with Gasteiger partial charge in [0.1, 0.15) is 11.4 Å². The monoisotopic (exact) mass is 238 g/mol. The van der Waals surface area contributed by atoms with Crippen molar-refractivity contribution >= 4 is 5.97 Å². The van der Waals surface area contributed by atoms with Crippen molar-refractivity contribution in [2.45, 2.75) is 31.5 Å². The molecule has 1 aliphatic heterocycles. The standard InChI is InChI=1S/C12H11FO4/c13-7-3-4-8-10(9(7)11(14)15)17-12(16-8)5-1-2-6-12/h3-4H,1-2,5-6H2,(H,14,15). The molecular weight excluding hydrogens is 227 g/mol. The Balaban J connectivity index is 2.07. The molecule has 1 fully saturated rings. The number of aromatic carboxylic acids is 1. The minimum absolute atomic E-state index is 0.0272. The van der Waals surface area contributed by atoms with Gasteiger partial charge in [-0.25, -0.2) is 9.18 Å².